The van der Waals surface area contributed by atoms with E-state index in [0.717, 1.165) is 29.3 Å². The van der Waals surface area contributed by atoms with Gasteiger partial charge in [-0.2, -0.15) is 5.10 Å². The first-order chi connectivity index (χ1) is 11.8. The number of aromatic amines is 2. The number of benzene rings is 1. The van der Waals surface area contributed by atoms with Crippen LogP contribution in [0.15, 0.2) is 23.1 Å². The number of sulfonamides is 1. The molecule has 3 aromatic rings. The van der Waals surface area contributed by atoms with Crippen LogP contribution < -0.4 is 4.72 Å². The molecule has 1 aliphatic rings. The van der Waals surface area contributed by atoms with Crippen LogP contribution in [0.4, 0.5) is 0 Å². The fourth-order valence-corrected chi connectivity index (χ4v) is 5.52. The lowest BCUT2D eigenvalue weighted by Gasteiger charge is -2.23. The van der Waals surface area contributed by atoms with Gasteiger partial charge in [-0.15, -0.1) is 0 Å². The lowest BCUT2D eigenvalue weighted by Crippen LogP contribution is -2.39. The Morgan fingerprint density at radius 2 is 2.12 bits per heavy atom. The van der Waals surface area contributed by atoms with Gasteiger partial charge in [-0.3, -0.25) is 5.10 Å². The van der Waals surface area contributed by atoms with Crippen LogP contribution >= 0.6 is 11.6 Å². The number of rotatable bonds is 3. The molecule has 25 heavy (non-hydrogen) atoms. The fraction of sp³-hybridized carbons (Fsp3) is 0.353. The third kappa shape index (κ3) is 2.86. The van der Waals surface area contributed by atoms with E-state index in [2.05, 4.69) is 19.9 Å². The summed E-state index contributed by atoms with van der Waals surface area (Å²) in [5.74, 6) is 0. The maximum Gasteiger partial charge on any atom is 0.244 e. The van der Waals surface area contributed by atoms with Gasteiger partial charge in [0.15, 0.2) is 0 Å². The number of hydrogen-bond donors (Lipinski definition) is 3. The molecule has 0 bridgehead atoms. The van der Waals surface area contributed by atoms with Crippen LogP contribution in [0.5, 0.6) is 0 Å². The molecule has 1 aromatic carbocycles. The summed E-state index contributed by atoms with van der Waals surface area (Å²) in [6, 6.07) is 5.61. The minimum Gasteiger partial charge on any atom is -0.358 e. The van der Waals surface area contributed by atoms with Crippen LogP contribution in [-0.2, 0) is 22.9 Å². The first-order valence-electron chi connectivity index (χ1n) is 8.18. The molecule has 0 saturated carbocycles. The molecule has 1 atom stereocenters. The third-order valence-corrected chi connectivity index (χ3v) is 6.82. The summed E-state index contributed by atoms with van der Waals surface area (Å²) in [6.07, 6.45) is 2.20. The molecular formula is C17H19ClN4O2S. The number of hydrogen-bond acceptors (Lipinski definition) is 3. The topological polar surface area (TPSA) is 90.6 Å². The highest BCUT2D eigenvalue weighted by Gasteiger charge is 2.29. The van der Waals surface area contributed by atoms with Crippen LogP contribution in [0.1, 0.15) is 29.1 Å². The van der Waals surface area contributed by atoms with Crippen molar-refractivity contribution in [3.8, 4) is 0 Å². The summed E-state index contributed by atoms with van der Waals surface area (Å²) in [6.45, 7) is 3.41. The summed E-state index contributed by atoms with van der Waals surface area (Å²) in [4.78, 5) is 3.67. The van der Waals surface area contributed by atoms with Crippen molar-refractivity contribution in [1.29, 1.82) is 0 Å². The van der Waals surface area contributed by atoms with E-state index in [0.29, 0.717) is 22.8 Å². The zero-order chi connectivity index (χ0) is 17.8. The molecule has 0 saturated heterocycles. The summed E-state index contributed by atoms with van der Waals surface area (Å²) in [5, 5.41) is 8.48. The largest absolute Gasteiger partial charge is 0.358 e. The second-order valence-corrected chi connectivity index (χ2v) is 8.68. The maximum atomic E-state index is 12.8. The fourth-order valence-electron chi connectivity index (χ4n) is 3.70. The van der Waals surface area contributed by atoms with E-state index < -0.39 is 10.0 Å². The zero-order valence-corrected chi connectivity index (χ0v) is 15.6. The molecule has 0 radical (unpaired) electrons. The van der Waals surface area contributed by atoms with Gasteiger partial charge in [0.05, 0.1) is 11.4 Å². The van der Waals surface area contributed by atoms with Crippen LogP contribution in [0.2, 0.25) is 5.02 Å². The van der Waals surface area contributed by atoms with E-state index in [1.165, 1.54) is 5.69 Å². The minimum atomic E-state index is -3.60. The van der Waals surface area contributed by atoms with Crippen molar-refractivity contribution in [2.24, 2.45) is 0 Å². The Morgan fingerprint density at radius 3 is 2.84 bits per heavy atom. The standard InChI is InChI=1S/C17H19ClN4O2S/c1-9-17(10(2)21-20-9)25(23,24)22-12-4-6-16-14(8-12)13-7-11(18)3-5-15(13)19-16/h3,5,7,12,19,22H,4,6,8H2,1-2H3,(H,20,21). The number of nitrogens with one attached hydrogen (secondary N) is 3. The van der Waals surface area contributed by atoms with Crippen LogP contribution in [0.3, 0.4) is 0 Å². The van der Waals surface area contributed by atoms with E-state index in [9.17, 15) is 8.42 Å². The lowest BCUT2D eigenvalue weighted by atomic mass is 9.92. The Balaban J connectivity index is 1.65. The normalized spacial score (nSPS) is 17.8. The predicted molar refractivity (Wildman–Crippen MR) is 97.5 cm³/mol. The molecule has 2 heterocycles. The monoisotopic (exact) mass is 378 g/mol. The van der Waals surface area contributed by atoms with Gasteiger partial charge in [-0.25, -0.2) is 13.1 Å². The van der Waals surface area contributed by atoms with Gasteiger partial charge in [0.2, 0.25) is 10.0 Å². The maximum absolute atomic E-state index is 12.8. The van der Waals surface area contributed by atoms with Crippen molar-refractivity contribution in [2.45, 2.75) is 44.0 Å². The molecule has 1 unspecified atom stereocenters. The molecule has 0 amide bonds. The van der Waals surface area contributed by atoms with E-state index in [1.807, 2.05) is 18.2 Å². The smallest absolute Gasteiger partial charge is 0.244 e. The molecule has 8 heteroatoms. The lowest BCUT2D eigenvalue weighted by molar-refractivity contribution is 0.506. The molecule has 1 aliphatic carbocycles. The van der Waals surface area contributed by atoms with E-state index in [1.54, 1.807) is 13.8 Å². The highest BCUT2D eigenvalue weighted by atomic mass is 35.5. The number of halogens is 1. The molecule has 132 valence electrons. The van der Waals surface area contributed by atoms with Gasteiger partial charge in [-0.05, 0) is 56.9 Å². The molecule has 2 aromatic heterocycles. The van der Waals surface area contributed by atoms with Crippen molar-refractivity contribution < 1.29 is 8.42 Å². The minimum absolute atomic E-state index is 0.149. The summed E-state index contributed by atoms with van der Waals surface area (Å²) < 4.78 is 28.4. The number of H-pyrrole nitrogens is 2. The van der Waals surface area contributed by atoms with E-state index in [-0.39, 0.29) is 10.9 Å². The first kappa shape index (κ1) is 16.6. The van der Waals surface area contributed by atoms with Gasteiger partial charge >= 0.3 is 0 Å². The molecular weight excluding hydrogens is 360 g/mol. The highest BCUT2D eigenvalue weighted by Crippen LogP contribution is 2.31. The van der Waals surface area contributed by atoms with Crippen LogP contribution in [-0.4, -0.2) is 29.6 Å². The molecule has 6 nitrogen and oxygen atoms in total. The van der Waals surface area contributed by atoms with Crippen molar-refractivity contribution >= 4 is 32.5 Å². The Kier molecular flexibility index (Phi) is 3.90. The number of aromatic nitrogens is 3. The molecule has 4 rings (SSSR count). The molecule has 3 N–H and O–H groups in total. The van der Waals surface area contributed by atoms with Crippen LogP contribution in [0, 0.1) is 13.8 Å². The summed E-state index contributed by atoms with van der Waals surface area (Å²) in [7, 11) is -3.60. The number of nitrogens with zero attached hydrogens (tertiary/aromatic N) is 1. The van der Waals surface area contributed by atoms with Crippen molar-refractivity contribution in [3.05, 3.63) is 45.9 Å². The third-order valence-electron chi connectivity index (χ3n) is 4.80. The van der Waals surface area contributed by atoms with Crippen molar-refractivity contribution in [2.75, 3.05) is 0 Å². The first-order valence-corrected chi connectivity index (χ1v) is 10.0. The molecule has 0 spiro atoms. The molecule has 0 fully saturated rings. The van der Waals surface area contributed by atoms with Crippen LogP contribution in [0.25, 0.3) is 10.9 Å². The number of aryl methyl sites for hydroxylation is 3. The SMILES string of the molecule is Cc1n[nH]c(C)c1S(=O)(=O)NC1CCc2[nH]c3ccc(Cl)cc3c2C1. The van der Waals surface area contributed by atoms with Crippen molar-refractivity contribution in [1.82, 2.24) is 19.9 Å². The number of fused-ring (bicyclic) bond motifs is 3. The Labute approximate surface area is 151 Å². The Bertz CT molecular complexity index is 1050. The second-order valence-electron chi connectivity index (χ2n) is 6.60. The quantitative estimate of drug-likeness (QED) is 0.654. The molecule has 0 aliphatic heterocycles. The van der Waals surface area contributed by atoms with E-state index in [4.69, 9.17) is 11.6 Å². The van der Waals surface area contributed by atoms with Crippen molar-refractivity contribution in [3.63, 3.8) is 0 Å². The summed E-state index contributed by atoms with van der Waals surface area (Å²) >= 11 is 6.13. The second kappa shape index (κ2) is 5.86. The van der Waals surface area contributed by atoms with Gasteiger partial charge < -0.3 is 4.98 Å². The average molecular weight is 379 g/mol. The summed E-state index contributed by atoms with van der Waals surface area (Å²) in [5.41, 5.74) is 4.40. The van der Waals surface area contributed by atoms with Gasteiger partial charge in [0, 0.05) is 27.7 Å². The van der Waals surface area contributed by atoms with Gasteiger partial charge in [0.1, 0.15) is 4.90 Å². The van der Waals surface area contributed by atoms with E-state index >= 15 is 0 Å². The zero-order valence-electron chi connectivity index (χ0n) is 14.0. The van der Waals surface area contributed by atoms with Gasteiger partial charge in [-0.1, -0.05) is 11.6 Å². The highest BCUT2D eigenvalue weighted by molar-refractivity contribution is 7.89. The van der Waals surface area contributed by atoms with Gasteiger partial charge in [0.25, 0.3) is 0 Å². The predicted octanol–water partition coefficient (Wildman–Crippen LogP) is 3.00. The Morgan fingerprint density at radius 1 is 1.32 bits per heavy atom. The Hall–Kier alpha value is -1.83. The average Bonchev–Trinajstić information content (AvgIpc) is 3.07.